The highest BCUT2D eigenvalue weighted by atomic mass is 16.5. The van der Waals surface area contributed by atoms with Crippen molar-refractivity contribution in [1.29, 1.82) is 0 Å². The molecule has 1 aromatic heterocycles. The van der Waals surface area contributed by atoms with E-state index in [1.165, 1.54) is 19.3 Å². The van der Waals surface area contributed by atoms with Crippen LogP contribution in [0.3, 0.4) is 0 Å². The van der Waals surface area contributed by atoms with Crippen LogP contribution in [0, 0.1) is 16.7 Å². The Morgan fingerprint density at radius 2 is 2.16 bits per heavy atom. The maximum Gasteiger partial charge on any atom is 0.214 e. The number of hydrogen-bond acceptors (Lipinski definition) is 3. The maximum absolute atomic E-state index is 5.21. The maximum atomic E-state index is 5.21. The topological polar surface area (TPSA) is 34.1 Å². The average Bonchev–Trinajstić information content (AvgIpc) is 2.86. The SMILES string of the molecule is COc1cc(NC2C3(C)CCC(C3)C2(C)C)ccn1. The van der Waals surface area contributed by atoms with Crippen molar-refractivity contribution in [2.24, 2.45) is 16.7 Å². The summed E-state index contributed by atoms with van der Waals surface area (Å²) < 4.78 is 5.21. The number of pyridine rings is 1. The average molecular weight is 260 g/mol. The summed E-state index contributed by atoms with van der Waals surface area (Å²) in [4.78, 5) is 4.17. The van der Waals surface area contributed by atoms with E-state index in [0.717, 1.165) is 11.6 Å². The number of fused-ring (bicyclic) bond motifs is 2. The van der Waals surface area contributed by atoms with Crippen molar-refractivity contribution in [3.8, 4) is 5.88 Å². The fourth-order valence-corrected chi connectivity index (χ4v) is 4.44. The van der Waals surface area contributed by atoms with Crippen molar-refractivity contribution in [3.63, 3.8) is 0 Å². The lowest BCUT2D eigenvalue weighted by Crippen LogP contribution is -2.45. The first-order valence-electron chi connectivity index (χ1n) is 7.22. The number of anilines is 1. The third-order valence-electron chi connectivity index (χ3n) is 5.52. The zero-order valence-electron chi connectivity index (χ0n) is 12.4. The summed E-state index contributed by atoms with van der Waals surface area (Å²) >= 11 is 0. The molecule has 104 valence electrons. The van der Waals surface area contributed by atoms with Gasteiger partial charge in [-0.2, -0.15) is 0 Å². The first-order chi connectivity index (χ1) is 8.95. The molecular weight excluding hydrogens is 236 g/mol. The molecule has 2 aliphatic rings. The minimum atomic E-state index is 0.365. The van der Waals surface area contributed by atoms with Gasteiger partial charge in [-0.15, -0.1) is 0 Å². The summed E-state index contributed by atoms with van der Waals surface area (Å²) in [6.45, 7) is 7.27. The monoisotopic (exact) mass is 260 g/mol. The van der Waals surface area contributed by atoms with Gasteiger partial charge in [0.15, 0.2) is 0 Å². The lowest BCUT2D eigenvalue weighted by atomic mass is 9.68. The first-order valence-corrected chi connectivity index (χ1v) is 7.22. The van der Waals surface area contributed by atoms with Crippen molar-refractivity contribution in [2.45, 2.75) is 46.1 Å². The fourth-order valence-electron chi connectivity index (χ4n) is 4.44. The van der Waals surface area contributed by atoms with Crippen LogP contribution in [0.5, 0.6) is 5.88 Å². The zero-order chi connectivity index (χ0) is 13.7. The van der Waals surface area contributed by atoms with E-state index in [-0.39, 0.29) is 0 Å². The summed E-state index contributed by atoms with van der Waals surface area (Å²) in [7, 11) is 1.66. The normalized spacial score (nSPS) is 35.4. The zero-order valence-corrected chi connectivity index (χ0v) is 12.4. The molecule has 2 bridgehead atoms. The predicted molar refractivity (Wildman–Crippen MR) is 77.4 cm³/mol. The minimum Gasteiger partial charge on any atom is -0.481 e. The van der Waals surface area contributed by atoms with Gasteiger partial charge < -0.3 is 10.1 Å². The molecule has 0 amide bonds. The molecule has 3 nitrogen and oxygen atoms in total. The largest absolute Gasteiger partial charge is 0.481 e. The molecule has 1 aromatic rings. The molecule has 1 N–H and O–H groups in total. The smallest absolute Gasteiger partial charge is 0.214 e. The number of rotatable bonds is 3. The van der Waals surface area contributed by atoms with Crippen LogP contribution >= 0.6 is 0 Å². The van der Waals surface area contributed by atoms with E-state index in [9.17, 15) is 0 Å². The van der Waals surface area contributed by atoms with Gasteiger partial charge >= 0.3 is 0 Å². The molecule has 2 aliphatic carbocycles. The van der Waals surface area contributed by atoms with Gasteiger partial charge in [0.05, 0.1) is 7.11 Å². The molecule has 0 aromatic carbocycles. The second-order valence-electron chi connectivity index (χ2n) is 7.08. The van der Waals surface area contributed by atoms with Crippen molar-refractivity contribution < 1.29 is 4.74 Å². The Balaban J connectivity index is 1.86. The van der Waals surface area contributed by atoms with Gasteiger partial charge in [-0.3, -0.25) is 0 Å². The molecule has 2 saturated carbocycles. The third-order valence-corrected chi connectivity index (χ3v) is 5.52. The number of hydrogen-bond donors (Lipinski definition) is 1. The molecular formula is C16H24N2O. The highest BCUT2D eigenvalue weighted by Gasteiger charge is 2.59. The van der Waals surface area contributed by atoms with Crippen molar-refractivity contribution >= 4 is 5.69 Å². The van der Waals surface area contributed by atoms with Crippen LogP contribution in [-0.4, -0.2) is 18.1 Å². The summed E-state index contributed by atoms with van der Waals surface area (Å²) in [5.41, 5.74) is 1.92. The molecule has 19 heavy (non-hydrogen) atoms. The Hall–Kier alpha value is -1.25. The molecule has 0 saturated heterocycles. The lowest BCUT2D eigenvalue weighted by Gasteiger charge is -2.43. The van der Waals surface area contributed by atoms with E-state index in [4.69, 9.17) is 4.74 Å². The molecule has 2 fully saturated rings. The summed E-state index contributed by atoms with van der Waals surface area (Å²) in [6, 6.07) is 4.56. The van der Waals surface area contributed by atoms with Crippen molar-refractivity contribution in [3.05, 3.63) is 18.3 Å². The van der Waals surface area contributed by atoms with E-state index in [0.29, 0.717) is 22.8 Å². The van der Waals surface area contributed by atoms with Crippen LogP contribution in [-0.2, 0) is 0 Å². The molecule has 3 unspecified atom stereocenters. The molecule has 0 aliphatic heterocycles. The van der Waals surface area contributed by atoms with E-state index in [2.05, 4.69) is 31.1 Å². The molecule has 3 rings (SSSR count). The number of ether oxygens (including phenoxy) is 1. The van der Waals surface area contributed by atoms with Crippen LogP contribution in [0.4, 0.5) is 5.69 Å². The molecule has 0 spiro atoms. The van der Waals surface area contributed by atoms with Crippen LogP contribution in [0.15, 0.2) is 18.3 Å². The highest BCUT2D eigenvalue weighted by Crippen LogP contribution is 2.63. The van der Waals surface area contributed by atoms with Gasteiger partial charge in [0, 0.05) is 24.0 Å². The summed E-state index contributed by atoms with van der Waals surface area (Å²) in [5.74, 6) is 1.54. The minimum absolute atomic E-state index is 0.365. The summed E-state index contributed by atoms with van der Waals surface area (Å²) in [6.07, 6.45) is 5.91. The standard InChI is InChI=1S/C16H24N2O/c1-15(2)11-5-7-16(3,10-11)14(15)18-12-6-8-17-13(9-12)19-4/h6,8-9,11,14H,5,7,10H2,1-4H3,(H,17,18). The van der Waals surface area contributed by atoms with Gasteiger partial charge in [0.2, 0.25) is 5.88 Å². The third kappa shape index (κ3) is 1.90. The summed E-state index contributed by atoms with van der Waals surface area (Å²) in [5, 5.41) is 3.76. The number of nitrogens with one attached hydrogen (secondary N) is 1. The van der Waals surface area contributed by atoms with Gasteiger partial charge in [0.1, 0.15) is 0 Å². The molecule has 0 radical (unpaired) electrons. The van der Waals surface area contributed by atoms with E-state index < -0.39 is 0 Å². The fraction of sp³-hybridized carbons (Fsp3) is 0.688. The van der Waals surface area contributed by atoms with Gasteiger partial charge in [-0.05, 0) is 42.1 Å². The van der Waals surface area contributed by atoms with Crippen LogP contribution in [0.1, 0.15) is 40.0 Å². The van der Waals surface area contributed by atoms with Crippen LogP contribution in [0.25, 0.3) is 0 Å². The number of aromatic nitrogens is 1. The Kier molecular flexibility index (Phi) is 2.77. The Labute approximate surface area is 115 Å². The second-order valence-corrected chi connectivity index (χ2v) is 7.08. The van der Waals surface area contributed by atoms with E-state index >= 15 is 0 Å². The Morgan fingerprint density at radius 1 is 1.37 bits per heavy atom. The van der Waals surface area contributed by atoms with E-state index in [1.807, 2.05) is 18.3 Å². The van der Waals surface area contributed by atoms with E-state index in [1.54, 1.807) is 7.11 Å². The predicted octanol–water partition coefficient (Wildman–Crippen LogP) is 3.72. The molecule has 3 atom stereocenters. The Bertz CT molecular complexity index is 481. The van der Waals surface area contributed by atoms with Crippen molar-refractivity contribution in [2.75, 3.05) is 12.4 Å². The Morgan fingerprint density at radius 3 is 2.79 bits per heavy atom. The van der Waals surface area contributed by atoms with Gasteiger partial charge in [-0.1, -0.05) is 20.8 Å². The second kappa shape index (κ2) is 4.12. The van der Waals surface area contributed by atoms with Crippen LogP contribution < -0.4 is 10.1 Å². The first kappa shape index (κ1) is 12.8. The quantitative estimate of drug-likeness (QED) is 0.899. The number of methoxy groups -OCH3 is 1. The van der Waals surface area contributed by atoms with Gasteiger partial charge in [-0.25, -0.2) is 4.98 Å². The van der Waals surface area contributed by atoms with Crippen LogP contribution in [0.2, 0.25) is 0 Å². The van der Waals surface area contributed by atoms with Gasteiger partial charge in [0.25, 0.3) is 0 Å². The lowest BCUT2D eigenvalue weighted by molar-refractivity contribution is 0.155. The van der Waals surface area contributed by atoms with Crippen molar-refractivity contribution in [1.82, 2.24) is 4.98 Å². The highest BCUT2D eigenvalue weighted by molar-refractivity contribution is 5.47. The molecule has 3 heteroatoms. The molecule has 1 heterocycles. The number of nitrogens with zero attached hydrogens (tertiary/aromatic N) is 1.